The van der Waals surface area contributed by atoms with E-state index in [9.17, 15) is 0 Å². The summed E-state index contributed by atoms with van der Waals surface area (Å²) in [6.07, 6.45) is 6.21. The molecule has 0 radical (unpaired) electrons. The SMILES string of the molecule is C/C(=C\CO)CCC=C1COC1. The van der Waals surface area contributed by atoms with Gasteiger partial charge in [0.05, 0.1) is 19.8 Å². The highest BCUT2D eigenvalue weighted by Gasteiger charge is 2.06. The first-order valence-electron chi connectivity index (χ1n) is 4.35. The van der Waals surface area contributed by atoms with Gasteiger partial charge in [0.25, 0.3) is 0 Å². The third kappa shape index (κ3) is 3.20. The van der Waals surface area contributed by atoms with E-state index < -0.39 is 0 Å². The smallest absolute Gasteiger partial charge is 0.0703 e. The third-order valence-corrected chi connectivity index (χ3v) is 1.99. The molecule has 1 aliphatic rings. The van der Waals surface area contributed by atoms with Crippen LogP contribution in [0, 0.1) is 0 Å². The molecule has 0 bridgehead atoms. The van der Waals surface area contributed by atoms with Crippen molar-refractivity contribution in [3.8, 4) is 0 Å². The summed E-state index contributed by atoms with van der Waals surface area (Å²) >= 11 is 0. The van der Waals surface area contributed by atoms with Crippen molar-refractivity contribution in [2.24, 2.45) is 0 Å². The normalized spacial score (nSPS) is 17.5. The molecule has 1 rings (SSSR count). The van der Waals surface area contributed by atoms with E-state index in [1.807, 2.05) is 13.0 Å². The molecule has 68 valence electrons. The number of aliphatic hydroxyl groups is 1. The Morgan fingerprint density at radius 2 is 2.33 bits per heavy atom. The highest BCUT2D eigenvalue weighted by molar-refractivity contribution is 5.10. The van der Waals surface area contributed by atoms with Crippen LogP contribution in [0.15, 0.2) is 23.3 Å². The number of hydrogen-bond donors (Lipinski definition) is 1. The van der Waals surface area contributed by atoms with Gasteiger partial charge in [0, 0.05) is 0 Å². The Labute approximate surface area is 73.5 Å². The maximum Gasteiger partial charge on any atom is 0.0703 e. The van der Waals surface area contributed by atoms with Gasteiger partial charge in [0.15, 0.2) is 0 Å². The van der Waals surface area contributed by atoms with Crippen LogP contribution in [0.5, 0.6) is 0 Å². The first-order chi connectivity index (χ1) is 5.83. The molecule has 0 aromatic rings. The predicted octanol–water partition coefficient (Wildman–Crippen LogP) is 1.66. The van der Waals surface area contributed by atoms with Gasteiger partial charge in [0.1, 0.15) is 0 Å². The Hall–Kier alpha value is -0.600. The van der Waals surface area contributed by atoms with E-state index in [2.05, 4.69) is 6.08 Å². The molecule has 1 saturated heterocycles. The van der Waals surface area contributed by atoms with E-state index in [0.29, 0.717) is 0 Å². The van der Waals surface area contributed by atoms with Crippen LogP contribution in [0.3, 0.4) is 0 Å². The predicted molar refractivity (Wildman–Crippen MR) is 49.0 cm³/mol. The molecule has 2 nitrogen and oxygen atoms in total. The second-order valence-corrected chi connectivity index (χ2v) is 3.13. The van der Waals surface area contributed by atoms with Gasteiger partial charge in [-0.05, 0) is 25.3 Å². The van der Waals surface area contributed by atoms with Crippen molar-refractivity contribution in [2.45, 2.75) is 19.8 Å². The van der Waals surface area contributed by atoms with E-state index in [0.717, 1.165) is 26.1 Å². The maximum absolute atomic E-state index is 8.59. The van der Waals surface area contributed by atoms with Crippen LogP contribution >= 0.6 is 0 Å². The van der Waals surface area contributed by atoms with E-state index in [1.54, 1.807) is 0 Å². The van der Waals surface area contributed by atoms with Crippen molar-refractivity contribution < 1.29 is 9.84 Å². The van der Waals surface area contributed by atoms with E-state index in [4.69, 9.17) is 9.84 Å². The summed E-state index contributed by atoms with van der Waals surface area (Å²) in [5.41, 5.74) is 2.67. The fourth-order valence-electron chi connectivity index (χ4n) is 1.10. The number of ether oxygens (including phenoxy) is 1. The number of rotatable bonds is 4. The van der Waals surface area contributed by atoms with Gasteiger partial charge in [-0.2, -0.15) is 0 Å². The van der Waals surface area contributed by atoms with Gasteiger partial charge in [-0.25, -0.2) is 0 Å². The molecule has 0 unspecified atom stereocenters. The molecule has 0 spiro atoms. The monoisotopic (exact) mass is 168 g/mol. The van der Waals surface area contributed by atoms with Crippen molar-refractivity contribution in [1.82, 2.24) is 0 Å². The van der Waals surface area contributed by atoms with Gasteiger partial charge in [-0.15, -0.1) is 0 Å². The van der Waals surface area contributed by atoms with Crippen LogP contribution in [0.2, 0.25) is 0 Å². The summed E-state index contributed by atoms with van der Waals surface area (Å²) in [7, 11) is 0. The number of aliphatic hydroxyl groups excluding tert-OH is 1. The molecule has 1 aliphatic heterocycles. The lowest BCUT2D eigenvalue weighted by Gasteiger charge is -2.17. The lowest BCUT2D eigenvalue weighted by atomic mass is 10.1. The van der Waals surface area contributed by atoms with Crippen molar-refractivity contribution in [1.29, 1.82) is 0 Å². The summed E-state index contributed by atoms with van der Waals surface area (Å²) in [6.45, 7) is 3.85. The van der Waals surface area contributed by atoms with E-state index in [1.165, 1.54) is 11.1 Å². The molecule has 12 heavy (non-hydrogen) atoms. The second-order valence-electron chi connectivity index (χ2n) is 3.13. The van der Waals surface area contributed by atoms with Crippen molar-refractivity contribution in [2.75, 3.05) is 19.8 Å². The fourth-order valence-corrected chi connectivity index (χ4v) is 1.10. The zero-order chi connectivity index (χ0) is 8.81. The lowest BCUT2D eigenvalue weighted by molar-refractivity contribution is 0.102. The lowest BCUT2D eigenvalue weighted by Crippen LogP contribution is -2.15. The average Bonchev–Trinajstić information content (AvgIpc) is 1.95. The summed E-state index contributed by atoms with van der Waals surface area (Å²) in [5, 5.41) is 8.59. The Kier molecular flexibility index (Phi) is 4.05. The van der Waals surface area contributed by atoms with Crippen LogP contribution < -0.4 is 0 Å². The average molecular weight is 168 g/mol. The Bertz CT molecular complexity index is 186. The summed E-state index contributed by atoms with van der Waals surface area (Å²) in [5.74, 6) is 0. The van der Waals surface area contributed by atoms with Crippen LogP contribution in [0.4, 0.5) is 0 Å². The molecule has 0 atom stereocenters. The Morgan fingerprint density at radius 3 is 2.83 bits per heavy atom. The molecule has 0 aromatic heterocycles. The quantitative estimate of drug-likeness (QED) is 0.647. The standard InChI is InChI=1S/C10H16O2/c1-9(5-6-11)3-2-4-10-7-12-8-10/h4-5,11H,2-3,6-8H2,1H3/b9-5+. The zero-order valence-corrected chi connectivity index (χ0v) is 7.55. The van der Waals surface area contributed by atoms with Crippen molar-refractivity contribution >= 4 is 0 Å². The van der Waals surface area contributed by atoms with E-state index >= 15 is 0 Å². The van der Waals surface area contributed by atoms with Gasteiger partial charge in [-0.3, -0.25) is 0 Å². The van der Waals surface area contributed by atoms with Crippen LogP contribution in [-0.4, -0.2) is 24.9 Å². The molecular weight excluding hydrogens is 152 g/mol. The highest BCUT2D eigenvalue weighted by Crippen LogP contribution is 2.12. The highest BCUT2D eigenvalue weighted by atomic mass is 16.5. The topological polar surface area (TPSA) is 29.5 Å². The largest absolute Gasteiger partial charge is 0.392 e. The molecule has 0 aromatic carbocycles. The molecular formula is C10H16O2. The molecule has 0 aliphatic carbocycles. The zero-order valence-electron chi connectivity index (χ0n) is 7.55. The molecule has 1 heterocycles. The summed E-state index contributed by atoms with van der Waals surface area (Å²) in [6, 6.07) is 0. The van der Waals surface area contributed by atoms with Crippen LogP contribution in [-0.2, 0) is 4.74 Å². The van der Waals surface area contributed by atoms with Gasteiger partial charge in [0.2, 0.25) is 0 Å². The Balaban J connectivity index is 2.12. The van der Waals surface area contributed by atoms with Gasteiger partial charge >= 0.3 is 0 Å². The minimum atomic E-state index is 0.158. The molecule has 2 heteroatoms. The number of hydrogen-bond acceptors (Lipinski definition) is 2. The number of allylic oxidation sites excluding steroid dienone is 2. The maximum atomic E-state index is 8.59. The molecule has 0 saturated carbocycles. The molecule has 1 fully saturated rings. The minimum absolute atomic E-state index is 0.158. The second kappa shape index (κ2) is 5.12. The molecule has 0 amide bonds. The van der Waals surface area contributed by atoms with Crippen molar-refractivity contribution in [3.63, 3.8) is 0 Å². The third-order valence-electron chi connectivity index (χ3n) is 1.99. The summed E-state index contributed by atoms with van der Waals surface area (Å²) in [4.78, 5) is 0. The van der Waals surface area contributed by atoms with Crippen LogP contribution in [0.25, 0.3) is 0 Å². The fraction of sp³-hybridized carbons (Fsp3) is 0.600. The minimum Gasteiger partial charge on any atom is -0.392 e. The van der Waals surface area contributed by atoms with Gasteiger partial charge in [-0.1, -0.05) is 17.7 Å². The first-order valence-corrected chi connectivity index (χ1v) is 4.35. The van der Waals surface area contributed by atoms with Crippen LogP contribution in [0.1, 0.15) is 19.8 Å². The van der Waals surface area contributed by atoms with Gasteiger partial charge < -0.3 is 9.84 Å². The molecule has 1 N–H and O–H groups in total. The Morgan fingerprint density at radius 1 is 1.58 bits per heavy atom. The van der Waals surface area contributed by atoms with Crippen molar-refractivity contribution in [3.05, 3.63) is 23.3 Å². The summed E-state index contributed by atoms with van der Waals surface area (Å²) < 4.78 is 5.02. The first kappa shape index (κ1) is 9.49. The van der Waals surface area contributed by atoms with E-state index in [-0.39, 0.29) is 6.61 Å².